The normalized spacial score (nSPS) is 15.1. The quantitative estimate of drug-likeness (QED) is 0.484. The van der Waals surface area contributed by atoms with Gasteiger partial charge in [-0.25, -0.2) is 13.9 Å². The zero-order valence-corrected chi connectivity index (χ0v) is 7.34. The third-order valence-corrected chi connectivity index (χ3v) is 2.29. The summed E-state index contributed by atoms with van der Waals surface area (Å²) in [5, 5.41) is 0.255. The van der Waals surface area contributed by atoms with Gasteiger partial charge in [0, 0.05) is 6.42 Å². The molecule has 12 heavy (non-hydrogen) atoms. The lowest BCUT2D eigenvalue weighted by atomic mass is 10.3. The zero-order valence-electron chi connectivity index (χ0n) is 6.44. The SMILES string of the molecule is COC(=O)C1=CCC(P(=O)=O)=C1. The van der Waals surface area contributed by atoms with Crippen molar-refractivity contribution in [3.8, 4) is 0 Å². The molecule has 1 aliphatic carbocycles. The van der Waals surface area contributed by atoms with Crippen LogP contribution in [0.15, 0.2) is 23.0 Å². The molecule has 0 aromatic carbocycles. The monoisotopic (exact) mass is 186 g/mol. The van der Waals surface area contributed by atoms with Gasteiger partial charge in [0.2, 0.25) is 0 Å². The van der Waals surface area contributed by atoms with E-state index in [1.165, 1.54) is 19.3 Å². The number of esters is 1. The Bertz CT molecular complexity index is 327. The Hall–Kier alpha value is -1.15. The van der Waals surface area contributed by atoms with Crippen LogP contribution >= 0.6 is 7.68 Å². The van der Waals surface area contributed by atoms with Crippen LogP contribution in [-0.4, -0.2) is 13.1 Å². The average Bonchev–Trinajstić information content (AvgIpc) is 2.51. The molecule has 0 spiro atoms. The van der Waals surface area contributed by atoms with Gasteiger partial charge in [0.05, 0.1) is 18.0 Å². The number of hydrogen-bond donors (Lipinski definition) is 0. The highest BCUT2D eigenvalue weighted by Gasteiger charge is 2.16. The molecule has 0 fully saturated rings. The van der Waals surface area contributed by atoms with Crippen LogP contribution in [0.5, 0.6) is 0 Å². The predicted molar refractivity (Wildman–Crippen MR) is 41.1 cm³/mol. The first kappa shape index (κ1) is 8.94. The highest BCUT2D eigenvalue weighted by atomic mass is 31.1. The van der Waals surface area contributed by atoms with Crippen molar-refractivity contribution in [2.45, 2.75) is 6.42 Å². The molecule has 0 amide bonds. The highest BCUT2D eigenvalue weighted by Crippen LogP contribution is 2.30. The predicted octanol–water partition coefficient (Wildman–Crippen LogP) is 1.55. The first-order valence-electron chi connectivity index (χ1n) is 3.28. The molecule has 0 unspecified atom stereocenters. The van der Waals surface area contributed by atoms with Crippen molar-refractivity contribution in [2.75, 3.05) is 7.11 Å². The van der Waals surface area contributed by atoms with Crippen molar-refractivity contribution in [1.29, 1.82) is 0 Å². The summed E-state index contributed by atoms with van der Waals surface area (Å²) in [6, 6.07) is 0. The summed E-state index contributed by atoms with van der Waals surface area (Å²) in [5.74, 6) is -0.498. The van der Waals surface area contributed by atoms with E-state index in [1.807, 2.05) is 0 Å². The lowest BCUT2D eigenvalue weighted by Crippen LogP contribution is -2.00. The lowest BCUT2D eigenvalue weighted by molar-refractivity contribution is -0.135. The van der Waals surface area contributed by atoms with Gasteiger partial charge in [0.15, 0.2) is 0 Å². The van der Waals surface area contributed by atoms with E-state index >= 15 is 0 Å². The molecule has 0 heterocycles. The Labute approximate surface area is 69.7 Å². The number of methoxy groups -OCH3 is 1. The second-order valence-electron chi connectivity index (χ2n) is 2.25. The fourth-order valence-electron chi connectivity index (χ4n) is 0.899. The lowest BCUT2D eigenvalue weighted by Gasteiger charge is -1.93. The summed E-state index contributed by atoms with van der Waals surface area (Å²) in [4.78, 5) is 10.9. The van der Waals surface area contributed by atoms with E-state index in [-0.39, 0.29) is 5.31 Å². The third-order valence-electron chi connectivity index (χ3n) is 1.51. The molecule has 0 saturated carbocycles. The third kappa shape index (κ3) is 1.71. The molecule has 0 bridgehead atoms. The molecular formula is C7H7O4P. The second-order valence-corrected chi connectivity index (χ2v) is 3.34. The number of ether oxygens (including phenoxy) is 1. The largest absolute Gasteiger partial charge is 0.465 e. The number of carbonyl (C=O) groups is 1. The molecule has 0 atom stereocenters. The summed E-state index contributed by atoms with van der Waals surface area (Å²) < 4.78 is 25.3. The van der Waals surface area contributed by atoms with Crippen molar-refractivity contribution < 1.29 is 18.7 Å². The van der Waals surface area contributed by atoms with Crippen molar-refractivity contribution in [2.24, 2.45) is 0 Å². The van der Waals surface area contributed by atoms with Gasteiger partial charge < -0.3 is 4.74 Å². The first-order chi connectivity index (χ1) is 5.65. The van der Waals surface area contributed by atoms with Crippen molar-refractivity contribution >= 4 is 13.6 Å². The standard InChI is InChI=1S/C7H7O4P/c1-11-7(8)5-2-3-6(4-5)12(9)10/h2,4H,3H2,1H3. The summed E-state index contributed by atoms with van der Waals surface area (Å²) in [7, 11) is -1.30. The number of hydrogen-bond acceptors (Lipinski definition) is 4. The van der Waals surface area contributed by atoms with Gasteiger partial charge in [-0.2, -0.15) is 0 Å². The van der Waals surface area contributed by atoms with E-state index in [1.54, 1.807) is 0 Å². The molecule has 0 aromatic heterocycles. The molecular weight excluding hydrogens is 179 g/mol. The maximum Gasteiger partial charge on any atom is 0.344 e. The van der Waals surface area contributed by atoms with Crippen LogP contribution in [-0.2, 0) is 18.7 Å². The minimum atomic E-state index is -2.56. The molecule has 0 aliphatic heterocycles. The summed E-state index contributed by atoms with van der Waals surface area (Å²) in [5.41, 5.74) is 0.312. The molecule has 1 rings (SSSR count). The minimum Gasteiger partial charge on any atom is -0.465 e. The summed E-state index contributed by atoms with van der Waals surface area (Å²) in [6.45, 7) is 0. The zero-order chi connectivity index (χ0) is 9.14. The molecule has 5 heteroatoms. The summed E-state index contributed by atoms with van der Waals surface area (Å²) >= 11 is 0. The maximum atomic E-state index is 10.9. The van der Waals surface area contributed by atoms with E-state index in [9.17, 15) is 13.9 Å². The molecule has 0 radical (unpaired) electrons. The van der Waals surface area contributed by atoms with Crippen molar-refractivity contribution in [3.05, 3.63) is 23.0 Å². The van der Waals surface area contributed by atoms with Crippen LogP contribution in [0.25, 0.3) is 0 Å². The summed E-state index contributed by atoms with van der Waals surface area (Å²) in [6.07, 6.45) is 3.16. The molecule has 0 N–H and O–H groups in total. The second kappa shape index (κ2) is 3.50. The van der Waals surface area contributed by atoms with E-state index < -0.39 is 13.6 Å². The van der Waals surface area contributed by atoms with Crippen LogP contribution in [0.3, 0.4) is 0 Å². The molecule has 0 aromatic rings. The van der Waals surface area contributed by atoms with Gasteiger partial charge >= 0.3 is 13.6 Å². The van der Waals surface area contributed by atoms with Crippen molar-refractivity contribution in [3.63, 3.8) is 0 Å². The van der Waals surface area contributed by atoms with Gasteiger partial charge in [-0.3, -0.25) is 0 Å². The Kier molecular flexibility index (Phi) is 2.61. The molecule has 64 valence electrons. The minimum absolute atomic E-state index is 0.255. The van der Waals surface area contributed by atoms with Gasteiger partial charge in [0.1, 0.15) is 0 Å². The van der Waals surface area contributed by atoms with Gasteiger partial charge in [-0.1, -0.05) is 6.08 Å². The topological polar surface area (TPSA) is 60.4 Å². The Morgan fingerprint density at radius 3 is 2.67 bits per heavy atom. The fourth-order valence-corrected chi connectivity index (χ4v) is 1.38. The van der Waals surface area contributed by atoms with Crippen LogP contribution in [0, 0.1) is 0 Å². The smallest absolute Gasteiger partial charge is 0.344 e. The van der Waals surface area contributed by atoms with Crippen LogP contribution in [0.1, 0.15) is 6.42 Å². The van der Waals surface area contributed by atoms with E-state index in [4.69, 9.17) is 0 Å². The first-order valence-corrected chi connectivity index (χ1v) is 4.46. The van der Waals surface area contributed by atoms with Crippen LogP contribution < -0.4 is 0 Å². The Morgan fingerprint density at radius 2 is 2.25 bits per heavy atom. The number of allylic oxidation sites excluding steroid dienone is 2. The number of rotatable bonds is 2. The Morgan fingerprint density at radius 1 is 1.58 bits per heavy atom. The molecule has 4 nitrogen and oxygen atoms in total. The van der Waals surface area contributed by atoms with Crippen molar-refractivity contribution in [1.82, 2.24) is 0 Å². The fraction of sp³-hybridized carbons (Fsp3) is 0.286. The highest BCUT2D eigenvalue weighted by molar-refractivity contribution is 7.36. The van der Waals surface area contributed by atoms with E-state index in [2.05, 4.69) is 4.74 Å². The van der Waals surface area contributed by atoms with Crippen LogP contribution in [0.4, 0.5) is 0 Å². The van der Waals surface area contributed by atoms with Crippen LogP contribution in [0.2, 0.25) is 0 Å². The average molecular weight is 186 g/mol. The van der Waals surface area contributed by atoms with Gasteiger partial charge in [-0.05, 0) is 6.08 Å². The van der Waals surface area contributed by atoms with E-state index in [0.29, 0.717) is 12.0 Å². The van der Waals surface area contributed by atoms with Gasteiger partial charge in [-0.15, -0.1) is 0 Å². The molecule has 0 saturated heterocycles. The molecule has 1 aliphatic rings. The van der Waals surface area contributed by atoms with Gasteiger partial charge in [0.25, 0.3) is 0 Å². The Balaban J connectivity index is 2.81. The van der Waals surface area contributed by atoms with E-state index in [0.717, 1.165) is 0 Å². The maximum absolute atomic E-state index is 10.9. The number of carbonyl (C=O) groups excluding carboxylic acids is 1.